The van der Waals surface area contributed by atoms with E-state index in [1.807, 2.05) is 13.8 Å². The van der Waals surface area contributed by atoms with Crippen molar-refractivity contribution in [3.8, 4) is 0 Å². The number of aromatic nitrogens is 1. The highest BCUT2D eigenvalue weighted by molar-refractivity contribution is 6.30. The molecular formula is C14H16ClN3O2. The highest BCUT2D eigenvalue weighted by Gasteiger charge is 2.14. The van der Waals surface area contributed by atoms with E-state index in [0.717, 1.165) is 5.56 Å². The third kappa shape index (κ3) is 4.06. The van der Waals surface area contributed by atoms with Crippen LogP contribution in [-0.2, 0) is 4.79 Å². The molecule has 106 valence electrons. The van der Waals surface area contributed by atoms with Crippen molar-refractivity contribution in [2.24, 2.45) is 16.1 Å². The van der Waals surface area contributed by atoms with Crippen molar-refractivity contribution in [3.05, 3.63) is 45.2 Å². The van der Waals surface area contributed by atoms with Crippen molar-refractivity contribution in [2.75, 3.05) is 0 Å². The summed E-state index contributed by atoms with van der Waals surface area (Å²) in [6, 6.07) is 1.74. The van der Waals surface area contributed by atoms with E-state index in [1.165, 1.54) is 6.20 Å². The van der Waals surface area contributed by atoms with Gasteiger partial charge in [-0.1, -0.05) is 25.4 Å². The van der Waals surface area contributed by atoms with E-state index >= 15 is 0 Å². The Morgan fingerprint density at radius 2 is 1.95 bits per heavy atom. The SMILES string of the molecule is C/C(=N\C(=C(/C)C(=O)N=O)C(C)C)c1cncc(Cl)c1. The first-order chi connectivity index (χ1) is 9.36. The summed E-state index contributed by atoms with van der Waals surface area (Å²) in [7, 11) is 0. The molecule has 1 rings (SSSR count). The minimum Gasteiger partial charge on any atom is -0.264 e. The second kappa shape index (κ2) is 7.05. The van der Waals surface area contributed by atoms with Crippen LogP contribution in [0.1, 0.15) is 33.3 Å². The molecule has 5 nitrogen and oxygen atoms in total. The number of pyridine rings is 1. The lowest BCUT2D eigenvalue weighted by Crippen LogP contribution is -2.06. The number of carbonyl (C=O) groups excluding carboxylic acids is 1. The smallest absolute Gasteiger partial charge is 0.264 e. The summed E-state index contributed by atoms with van der Waals surface area (Å²) in [6.45, 7) is 7.13. The average molecular weight is 294 g/mol. The van der Waals surface area contributed by atoms with E-state index in [1.54, 1.807) is 26.1 Å². The van der Waals surface area contributed by atoms with Gasteiger partial charge in [-0.05, 0) is 25.8 Å². The van der Waals surface area contributed by atoms with Gasteiger partial charge in [0.05, 0.1) is 10.7 Å². The van der Waals surface area contributed by atoms with Gasteiger partial charge < -0.3 is 0 Å². The van der Waals surface area contributed by atoms with Crippen LogP contribution in [0.2, 0.25) is 5.02 Å². The fourth-order valence-corrected chi connectivity index (χ4v) is 1.85. The summed E-state index contributed by atoms with van der Waals surface area (Å²) in [5.41, 5.74) is 2.22. The van der Waals surface area contributed by atoms with Gasteiger partial charge in [0.2, 0.25) is 0 Å². The maximum absolute atomic E-state index is 11.4. The van der Waals surface area contributed by atoms with Gasteiger partial charge in [0.1, 0.15) is 0 Å². The Balaban J connectivity index is 3.28. The maximum atomic E-state index is 11.4. The quantitative estimate of drug-likeness (QED) is 0.482. The predicted octanol–water partition coefficient (Wildman–Crippen LogP) is 3.77. The number of aliphatic imine (C=N–C) groups is 1. The molecular weight excluding hydrogens is 278 g/mol. The first kappa shape index (κ1) is 16.2. The molecule has 0 spiro atoms. The molecule has 6 heteroatoms. The molecule has 0 saturated heterocycles. The van der Waals surface area contributed by atoms with E-state index in [2.05, 4.69) is 15.2 Å². The van der Waals surface area contributed by atoms with E-state index in [0.29, 0.717) is 16.4 Å². The Morgan fingerprint density at radius 3 is 2.45 bits per heavy atom. The predicted molar refractivity (Wildman–Crippen MR) is 79.8 cm³/mol. The molecule has 0 saturated carbocycles. The van der Waals surface area contributed by atoms with Gasteiger partial charge in [-0.2, -0.15) is 0 Å². The van der Waals surface area contributed by atoms with Crippen molar-refractivity contribution in [1.82, 2.24) is 4.98 Å². The topological polar surface area (TPSA) is 71.8 Å². The molecule has 1 aromatic rings. The Labute approximate surface area is 122 Å². The van der Waals surface area contributed by atoms with Crippen LogP contribution in [0.15, 0.2) is 39.9 Å². The summed E-state index contributed by atoms with van der Waals surface area (Å²) in [5.74, 6) is -0.808. The second-order valence-electron chi connectivity index (χ2n) is 4.65. The van der Waals surface area contributed by atoms with E-state index in [4.69, 9.17) is 11.6 Å². The number of rotatable bonds is 4. The Morgan fingerprint density at radius 1 is 1.30 bits per heavy atom. The number of hydrogen-bond donors (Lipinski definition) is 0. The van der Waals surface area contributed by atoms with Gasteiger partial charge in [-0.15, -0.1) is 4.91 Å². The zero-order valence-electron chi connectivity index (χ0n) is 11.8. The number of amides is 1. The number of nitroso groups, excluding NO2 is 1. The molecule has 1 amide bonds. The number of carbonyl (C=O) groups is 1. The minimum atomic E-state index is -0.797. The molecule has 0 atom stereocenters. The molecule has 0 fully saturated rings. The third-order valence-corrected chi connectivity index (χ3v) is 2.95. The van der Waals surface area contributed by atoms with Crippen LogP contribution in [-0.4, -0.2) is 16.6 Å². The van der Waals surface area contributed by atoms with Crippen molar-refractivity contribution in [1.29, 1.82) is 0 Å². The highest BCUT2D eigenvalue weighted by atomic mass is 35.5. The Kier molecular flexibility index (Phi) is 5.70. The number of nitrogens with zero attached hydrogens (tertiary/aromatic N) is 3. The molecule has 0 bridgehead atoms. The monoisotopic (exact) mass is 293 g/mol. The molecule has 1 aromatic heterocycles. The molecule has 0 aliphatic heterocycles. The molecule has 20 heavy (non-hydrogen) atoms. The van der Waals surface area contributed by atoms with Crippen molar-refractivity contribution in [3.63, 3.8) is 0 Å². The van der Waals surface area contributed by atoms with Gasteiger partial charge in [-0.3, -0.25) is 14.8 Å². The molecule has 1 heterocycles. The third-order valence-electron chi connectivity index (χ3n) is 2.75. The van der Waals surface area contributed by atoms with Gasteiger partial charge in [0.15, 0.2) is 0 Å². The largest absolute Gasteiger partial charge is 0.314 e. The Hall–Kier alpha value is -1.88. The summed E-state index contributed by atoms with van der Waals surface area (Å²) < 4.78 is 0. The molecule has 0 radical (unpaired) electrons. The fraction of sp³-hybridized carbons (Fsp3) is 0.357. The molecule has 0 unspecified atom stereocenters. The molecule has 0 N–H and O–H groups in total. The van der Waals surface area contributed by atoms with E-state index in [9.17, 15) is 9.70 Å². The standard InChI is InChI=1S/C14H16ClN3O2/c1-8(2)13(9(3)14(19)18-20)17-10(4)11-5-12(15)7-16-6-11/h5-8H,1-4H3/b13-9+,17-10+. The van der Waals surface area contributed by atoms with Crippen LogP contribution in [0.25, 0.3) is 0 Å². The molecule has 0 aromatic carbocycles. The van der Waals surface area contributed by atoms with Crippen LogP contribution < -0.4 is 0 Å². The first-order valence-electron chi connectivity index (χ1n) is 6.11. The number of halogens is 1. The van der Waals surface area contributed by atoms with Crippen LogP contribution in [0.3, 0.4) is 0 Å². The van der Waals surface area contributed by atoms with Crippen molar-refractivity contribution >= 4 is 23.2 Å². The van der Waals surface area contributed by atoms with Crippen LogP contribution >= 0.6 is 11.6 Å². The minimum absolute atomic E-state index is 0.0113. The van der Waals surface area contributed by atoms with Gasteiger partial charge in [0, 0.05) is 34.4 Å². The van der Waals surface area contributed by atoms with Crippen molar-refractivity contribution in [2.45, 2.75) is 27.7 Å². The van der Waals surface area contributed by atoms with E-state index < -0.39 is 5.91 Å². The zero-order valence-corrected chi connectivity index (χ0v) is 12.6. The lowest BCUT2D eigenvalue weighted by molar-refractivity contribution is -0.114. The maximum Gasteiger partial charge on any atom is 0.314 e. The number of allylic oxidation sites excluding steroid dienone is 1. The highest BCUT2D eigenvalue weighted by Crippen LogP contribution is 2.19. The van der Waals surface area contributed by atoms with Gasteiger partial charge >= 0.3 is 5.91 Å². The lowest BCUT2D eigenvalue weighted by Gasteiger charge is -2.10. The first-order valence-corrected chi connectivity index (χ1v) is 6.49. The fourth-order valence-electron chi connectivity index (χ4n) is 1.68. The summed E-state index contributed by atoms with van der Waals surface area (Å²) >= 11 is 5.88. The summed E-state index contributed by atoms with van der Waals surface area (Å²) in [5, 5.41) is 2.95. The van der Waals surface area contributed by atoms with Crippen LogP contribution in [0, 0.1) is 10.8 Å². The lowest BCUT2D eigenvalue weighted by atomic mass is 10.0. The van der Waals surface area contributed by atoms with Crippen LogP contribution in [0.5, 0.6) is 0 Å². The van der Waals surface area contributed by atoms with Crippen molar-refractivity contribution < 1.29 is 4.79 Å². The van der Waals surface area contributed by atoms with Gasteiger partial charge in [0.25, 0.3) is 0 Å². The molecule has 0 aliphatic carbocycles. The number of hydrogen-bond acceptors (Lipinski definition) is 4. The van der Waals surface area contributed by atoms with E-state index in [-0.39, 0.29) is 11.5 Å². The summed E-state index contributed by atoms with van der Waals surface area (Å²) in [6.07, 6.45) is 3.17. The second-order valence-corrected chi connectivity index (χ2v) is 5.09. The van der Waals surface area contributed by atoms with Crippen LogP contribution in [0.4, 0.5) is 0 Å². The summed E-state index contributed by atoms with van der Waals surface area (Å²) in [4.78, 5) is 30.2. The average Bonchev–Trinajstić information content (AvgIpc) is 2.42. The van der Waals surface area contributed by atoms with Gasteiger partial charge in [-0.25, -0.2) is 0 Å². The zero-order chi connectivity index (χ0) is 15.3. The Bertz CT molecular complexity index is 592. The molecule has 0 aliphatic rings. The normalized spacial score (nSPS) is 13.2.